The maximum Gasteiger partial charge on any atom is 0.267 e. The molecule has 2 N–H and O–H groups in total. The van der Waals surface area contributed by atoms with Crippen LogP contribution in [0.4, 0.5) is 0 Å². The Kier molecular flexibility index (Phi) is 7.29. The van der Waals surface area contributed by atoms with Crippen molar-refractivity contribution in [3.63, 3.8) is 0 Å². The number of hydrogen-bond donors (Lipinski definition) is 2. The number of aromatic amines is 1. The quantitative estimate of drug-likeness (QED) is 0.642. The van der Waals surface area contributed by atoms with Crippen molar-refractivity contribution >= 4 is 23.1 Å². The minimum atomic E-state index is -0.329. The predicted octanol–water partition coefficient (Wildman–Crippen LogP) is 3.95. The number of carbonyl (C=O) groups is 1. The van der Waals surface area contributed by atoms with Gasteiger partial charge in [-0.2, -0.15) is 0 Å². The van der Waals surface area contributed by atoms with Crippen molar-refractivity contribution < 1.29 is 9.53 Å². The van der Waals surface area contributed by atoms with Crippen LogP contribution in [0.5, 0.6) is 0 Å². The minimum absolute atomic E-state index is 0.0481. The highest BCUT2D eigenvalue weighted by Gasteiger charge is 2.20. The molecular formula is C23H27ClN2O3. The first-order chi connectivity index (χ1) is 13.9. The molecule has 1 saturated heterocycles. The average molecular weight is 415 g/mol. The van der Waals surface area contributed by atoms with Crippen LogP contribution in [0.2, 0.25) is 5.02 Å². The van der Waals surface area contributed by atoms with Crippen LogP contribution in [-0.4, -0.2) is 30.1 Å². The molecule has 0 radical (unpaired) electrons. The van der Waals surface area contributed by atoms with E-state index in [2.05, 4.69) is 36.3 Å². The maximum atomic E-state index is 12.0. The first-order valence-electron chi connectivity index (χ1n) is 10.00. The van der Waals surface area contributed by atoms with Gasteiger partial charge in [0.1, 0.15) is 5.02 Å². The van der Waals surface area contributed by atoms with Crippen LogP contribution in [0.1, 0.15) is 43.5 Å². The van der Waals surface area contributed by atoms with Gasteiger partial charge in [-0.25, -0.2) is 0 Å². The Labute approximate surface area is 176 Å². The molecule has 1 aromatic heterocycles. The van der Waals surface area contributed by atoms with Crippen molar-refractivity contribution in [2.75, 3.05) is 13.2 Å². The molecule has 3 rings (SSSR count). The molecule has 1 aliphatic heterocycles. The molecule has 154 valence electrons. The summed E-state index contributed by atoms with van der Waals surface area (Å²) in [4.78, 5) is 26.4. The highest BCUT2D eigenvalue weighted by Crippen LogP contribution is 2.25. The molecule has 1 aromatic carbocycles. The molecule has 6 heteroatoms. The number of carbonyl (C=O) groups excluding carboxylic acids is 1. The Morgan fingerprint density at radius 1 is 1.21 bits per heavy atom. The summed E-state index contributed by atoms with van der Waals surface area (Å²) in [6.07, 6.45) is 4.11. The molecule has 0 aliphatic carbocycles. The van der Waals surface area contributed by atoms with Crippen LogP contribution in [0, 0.1) is 5.92 Å². The molecule has 1 amide bonds. The number of aromatic nitrogens is 1. The van der Waals surface area contributed by atoms with Gasteiger partial charge >= 0.3 is 0 Å². The maximum absolute atomic E-state index is 12.0. The smallest absolute Gasteiger partial charge is 0.267 e. The van der Waals surface area contributed by atoms with Gasteiger partial charge in [0.15, 0.2) is 0 Å². The Bertz CT molecular complexity index is 932. The first kappa shape index (κ1) is 21.3. The predicted molar refractivity (Wildman–Crippen MR) is 116 cm³/mol. The highest BCUT2D eigenvalue weighted by molar-refractivity contribution is 6.30. The van der Waals surface area contributed by atoms with E-state index in [0.717, 1.165) is 30.6 Å². The lowest BCUT2D eigenvalue weighted by molar-refractivity contribution is -0.119. The summed E-state index contributed by atoms with van der Waals surface area (Å²) in [6.45, 7) is 5.73. The van der Waals surface area contributed by atoms with Crippen molar-refractivity contribution in [1.82, 2.24) is 10.3 Å². The molecule has 1 atom stereocenters. The third kappa shape index (κ3) is 6.05. The van der Waals surface area contributed by atoms with Gasteiger partial charge in [0.05, 0.1) is 6.61 Å². The van der Waals surface area contributed by atoms with E-state index in [0.29, 0.717) is 24.6 Å². The number of nitrogens with one attached hydrogen (secondary N) is 2. The summed E-state index contributed by atoms with van der Waals surface area (Å²) in [6, 6.07) is 11.5. The summed E-state index contributed by atoms with van der Waals surface area (Å²) < 4.78 is 5.67. The summed E-state index contributed by atoms with van der Waals surface area (Å²) in [5.41, 5.74) is 3.37. The number of H-pyrrole nitrogens is 1. The average Bonchev–Trinajstić information content (AvgIpc) is 3.11. The second-order valence-corrected chi connectivity index (χ2v) is 8.16. The van der Waals surface area contributed by atoms with Crippen molar-refractivity contribution in [2.24, 2.45) is 5.92 Å². The normalized spacial score (nSPS) is 17.0. The van der Waals surface area contributed by atoms with Crippen molar-refractivity contribution in [2.45, 2.75) is 39.2 Å². The third-order valence-electron chi connectivity index (χ3n) is 4.80. The molecular weight excluding hydrogens is 388 g/mol. The van der Waals surface area contributed by atoms with Crippen molar-refractivity contribution in [1.29, 1.82) is 0 Å². The SMILES string of the molecule is CC(C)COCCc1ccc(C(=C[C@H]2CCC(=O)N2)c2ccc(Cl)c(=O)[nH]2)cc1. The molecule has 0 spiro atoms. The van der Waals surface area contributed by atoms with E-state index in [-0.39, 0.29) is 22.5 Å². The zero-order chi connectivity index (χ0) is 20.8. The Morgan fingerprint density at radius 2 is 1.97 bits per heavy atom. The molecule has 0 saturated carbocycles. The van der Waals surface area contributed by atoms with E-state index in [1.54, 1.807) is 12.1 Å². The van der Waals surface area contributed by atoms with Gasteiger partial charge in [-0.3, -0.25) is 9.59 Å². The highest BCUT2D eigenvalue weighted by atomic mass is 35.5. The topological polar surface area (TPSA) is 71.2 Å². The molecule has 5 nitrogen and oxygen atoms in total. The molecule has 0 unspecified atom stereocenters. The zero-order valence-corrected chi connectivity index (χ0v) is 17.6. The number of ether oxygens (including phenoxy) is 1. The molecule has 29 heavy (non-hydrogen) atoms. The fourth-order valence-corrected chi connectivity index (χ4v) is 3.39. The third-order valence-corrected chi connectivity index (χ3v) is 5.10. The fraction of sp³-hybridized carbons (Fsp3) is 0.391. The monoisotopic (exact) mass is 414 g/mol. The lowest BCUT2D eigenvalue weighted by Crippen LogP contribution is -2.23. The Balaban J connectivity index is 1.82. The fourth-order valence-electron chi connectivity index (χ4n) is 3.28. The summed E-state index contributed by atoms with van der Waals surface area (Å²) in [7, 11) is 0. The lowest BCUT2D eigenvalue weighted by atomic mass is 9.97. The van der Waals surface area contributed by atoms with Crippen molar-refractivity contribution in [3.05, 3.63) is 74.7 Å². The molecule has 2 aromatic rings. The van der Waals surface area contributed by atoms with Crippen LogP contribution in [0.3, 0.4) is 0 Å². The molecule has 2 heterocycles. The van der Waals surface area contributed by atoms with Gasteiger partial charge in [-0.05, 0) is 42.0 Å². The van der Waals surface area contributed by atoms with Gasteiger partial charge in [-0.15, -0.1) is 0 Å². The first-order valence-corrected chi connectivity index (χ1v) is 10.4. The lowest BCUT2D eigenvalue weighted by Gasteiger charge is -2.13. The van der Waals surface area contributed by atoms with Gasteiger partial charge in [0.2, 0.25) is 5.91 Å². The minimum Gasteiger partial charge on any atom is -0.381 e. The van der Waals surface area contributed by atoms with Crippen LogP contribution in [0.15, 0.2) is 47.3 Å². The number of pyridine rings is 1. The van der Waals surface area contributed by atoms with E-state index < -0.39 is 0 Å². The largest absolute Gasteiger partial charge is 0.381 e. The summed E-state index contributed by atoms with van der Waals surface area (Å²) >= 11 is 5.89. The number of amides is 1. The van der Waals surface area contributed by atoms with E-state index in [4.69, 9.17) is 16.3 Å². The Morgan fingerprint density at radius 3 is 2.59 bits per heavy atom. The van der Waals surface area contributed by atoms with Gasteiger partial charge in [0.25, 0.3) is 5.56 Å². The molecule has 0 bridgehead atoms. The summed E-state index contributed by atoms with van der Waals surface area (Å²) in [5, 5.41) is 3.11. The second kappa shape index (κ2) is 9.90. The van der Waals surface area contributed by atoms with Crippen molar-refractivity contribution in [3.8, 4) is 0 Å². The van der Waals surface area contributed by atoms with E-state index in [1.807, 2.05) is 18.2 Å². The van der Waals surface area contributed by atoms with Crippen LogP contribution >= 0.6 is 11.6 Å². The number of benzene rings is 1. The second-order valence-electron chi connectivity index (χ2n) is 7.76. The molecule has 1 fully saturated rings. The Hall–Kier alpha value is -2.37. The van der Waals surface area contributed by atoms with E-state index in [9.17, 15) is 9.59 Å². The van der Waals surface area contributed by atoms with E-state index >= 15 is 0 Å². The number of rotatable bonds is 8. The summed E-state index contributed by atoms with van der Waals surface area (Å²) in [5.74, 6) is 0.578. The zero-order valence-electron chi connectivity index (χ0n) is 16.8. The number of hydrogen-bond acceptors (Lipinski definition) is 3. The standard InChI is InChI=1S/C23H27ClN2O3/c1-15(2)14-29-12-11-16-3-5-17(6-4-16)19(13-18-7-10-22(27)25-18)21-9-8-20(24)23(28)26-21/h3-6,8-9,13,15,18H,7,10-12,14H2,1-2H3,(H,25,27)(H,26,28)/t18-/m1/s1. The van der Waals surface area contributed by atoms with Gasteiger partial charge in [-0.1, -0.05) is 55.8 Å². The van der Waals surface area contributed by atoms with Gasteiger partial charge < -0.3 is 15.0 Å². The van der Waals surface area contributed by atoms with E-state index in [1.165, 1.54) is 5.56 Å². The van der Waals surface area contributed by atoms with Crippen LogP contribution in [0.25, 0.3) is 5.57 Å². The van der Waals surface area contributed by atoms with Gasteiger partial charge in [0, 0.05) is 30.3 Å². The molecule has 1 aliphatic rings. The van der Waals surface area contributed by atoms with Crippen LogP contribution in [-0.2, 0) is 16.0 Å². The number of halogens is 1. The van der Waals surface area contributed by atoms with Crippen LogP contribution < -0.4 is 10.9 Å².